The highest BCUT2D eigenvalue weighted by Crippen LogP contribution is 2.36. The number of rotatable bonds is 3. The average molecular weight is 290 g/mol. The van der Waals surface area contributed by atoms with Crippen LogP contribution >= 0.6 is 38.6 Å². The average Bonchev–Trinajstić information content (AvgIpc) is 2.74. The number of nitrogens with one attached hydrogen (secondary N) is 1. The topological polar surface area (TPSA) is 37.8 Å². The Balaban J connectivity index is 2.29. The molecule has 0 aliphatic heterocycles. The normalized spacial score (nSPS) is 10.4. The standard InChI is InChI=1S/C8H8BrN3S2/c1-2-10-8-12-11-7(14-8)6-5(9)3-4-13-6/h3-4H,2H2,1H3,(H,10,12). The van der Waals surface area contributed by atoms with Crippen molar-refractivity contribution in [2.75, 3.05) is 11.9 Å². The van der Waals surface area contributed by atoms with Crippen molar-refractivity contribution in [3.05, 3.63) is 15.9 Å². The van der Waals surface area contributed by atoms with Gasteiger partial charge >= 0.3 is 0 Å². The summed E-state index contributed by atoms with van der Waals surface area (Å²) >= 11 is 6.72. The van der Waals surface area contributed by atoms with Gasteiger partial charge in [0, 0.05) is 11.0 Å². The van der Waals surface area contributed by atoms with Gasteiger partial charge in [0.25, 0.3) is 0 Å². The van der Waals surface area contributed by atoms with E-state index in [0.29, 0.717) is 0 Å². The zero-order valence-electron chi connectivity index (χ0n) is 7.45. The summed E-state index contributed by atoms with van der Waals surface area (Å²) in [7, 11) is 0. The molecule has 0 radical (unpaired) electrons. The van der Waals surface area contributed by atoms with Crippen molar-refractivity contribution in [2.45, 2.75) is 6.92 Å². The second-order valence-corrected chi connectivity index (χ2v) is 5.29. The van der Waals surface area contributed by atoms with E-state index in [1.165, 1.54) is 0 Å². The Labute approximate surface area is 98.3 Å². The molecular weight excluding hydrogens is 282 g/mol. The summed E-state index contributed by atoms with van der Waals surface area (Å²) in [4.78, 5) is 1.15. The zero-order valence-corrected chi connectivity index (χ0v) is 10.7. The summed E-state index contributed by atoms with van der Waals surface area (Å²) in [5.41, 5.74) is 0. The Morgan fingerprint density at radius 1 is 1.50 bits per heavy atom. The molecule has 0 saturated heterocycles. The van der Waals surface area contributed by atoms with Gasteiger partial charge in [-0.1, -0.05) is 11.3 Å². The highest BCUT2D eigenvalue weighted by atomic mass is 79.9. The number of anilines is 1. The van der Waals surface area contributed by atoms with Crippen LogP contribution in [0.25, 0.3) is 9.88 Å². The van der Waals surface area contributed by atoms with Crippen molar-refractivity contribution in [3.8, 4) is 9.88 Å². The summed E-state index contributed by atoms with van der Waals surface area (Å²) in [5.74, 6) is 0. The van der Waals surface area contributed by atoms with Crippen LogP contribution in [0.2, 0.25) is 0 Å². The van der Waals surface area contributed by atoms with Gasteiger partial charge in [-0.2, -0.15) is 0 Å². The third kappa shape index (κ3) is 1.97. The van der Waals surface area contributed by atoms with E-state index in [1.807, 2.05) is 18.4 Å². The van der Waals surface area contributed by atoms with Crippen LogP contribution in [0.5, 0.6) is 0 Å². The molecule has 2 aromatic rings. The predicted molar refractivity (Wildman–Crippen MR) is 65.1 cm³/mol. The SMILES string of the molecule is CCNc1nnc(-c2sccc2Br)s1. The number of aromatic nitrogens is 2. The summed E-state index contributed by atoms with van der Waals surface area (Å²) in [5, 5.41) is 15.2. The van der Waals surface area contributed by atoms with Crippen LogP contribution in [-0.2, 0) is 0 Å². The first-order valence-corrected chi connectivity index (χ1v) is 6.61. The van der Waals surface area contributed by atoms with Gasteiger partial charge in [0.2, 0.25) is 5.13 Å². The zero-order chi connectivity index (χ0) is 9.97. The summed E-state index contributed by atoms with van der Waals surface area (Å²) in [6.07, 6.45) is 0. The van der Waals surface area contributed by atoms with E-state index in [0.717, 1.165) is 26.0 Å². The third-order valence-corrected chi connectivity index (χ3v) is 4.44. The summed E-state index contributed by atoms with van der Waals surface area (Å²) in [6, 6.07) is 2.02. The van der Waals surface area contributed by atoms with Crippen LogP contribution in [-0.4, -0.2) is 16.7 Å². The monoisotopic (exact) mass is 289 g/mol. The molecule has 2 aromatic heterocycles. The van der Waals surface area contributed by atoms with Crippen LogP contribution in [0.4, 0.5) is 5.13 Å². The maximum Gasteiger partial charge on any atom is 0.206 e. The third-order valence-electron chi connectivity index (χ3n) is 1.56. The lowest BCUT2D eigenvalue weighted by atomic mass is 10.5. The first kappa shape index (κ1) is 10.1. The molecule has 6 heteroatoms. The molecule has 0 amide bonds. The second kappa shape index (κ2) is 4.37. The van der Waals surface area contributed by atoms with E-state index in [2.05, 4.69) is 31.4 Å². The van der Waals surface area contributed by atoms with E-state index in [9.17, 15) is 0 Å². The number of thiophene rings is 1. The van der Waals surface area contributed by atoms with Crippen molar-refractivity contribution in [3.63, 3.8) is 0 Å². The van der Waals surface area contributed by atoms with E-state index in [-0.39, 0.29) is 0 Å². The van der Waals surface area contributed by atoms with E-state index in [1.54, 1.807) is 22.7 Å². The summed E-state index contributed by atoms with van der Waals surface area (Å²) in [6.45, 7) is 2.92. The highest BCUT2D eigenvalue weighted by molar-refractivity contribution is 9.10. The van der Waals surface area contributed by atoms with Crippen molar-refractivity contribution in [2.24, 2.45) is 0 Å². The van der Waals surface area contributed by atoms with Crippen LogP contribution in [0.15, 0.2) is 15.9 Å². The van der Waals surface area contributed by atoms with Crippen LogP contribution < -0.4 is 5.32 Å². The Kier molecular flexibility index (Phi) is 3.15. The molecule has 0 bridgehead atoms. The summed E-state index contributed by atoms with van der Waals surface area (Å²) < 4.78 is 1.08. The second-order valence-electron chi connectivity index (χ2n) is 2.54. The lowest BCUT2D eigenvalue weighted by Gasteiger charge is -1.91. The Hall–Kier alpha value is -0.460. The molecule has 3 nitrogen and oxygen atoms in total. The van der Waals surface area contributed by atoms with Crippen LogP contribution in [0.3, 0.4) is 0 Å². The molecule has 1 N–H and O–H groups in total. The Bertz CT molecular complexity index is 424. The molecule has 0 aromatic carbocycles. The predicted octanol–water partition coefficient (Wildman–Crippen LogP) is 3.46. The molecule has 0 unspecified atom stereocenters. The number of nitrogens with zero attached hydrogens (tertiary/aromatic N) is 2. The maximum absolute atomic E-state index is 4.12. The maximum atomic E-state index is 4.12. The van der Waals surface area contributed by atoms with E-state index < -0.39 is 0 Å². The first-order valence-electron chi connectivity index (χ1n) is 4.12. The molecule has 2 heterocycles. The van der Waals surface area contributed by atoms with Crippen molar-refractivity contribution in [1.82, 2.24) is 10.2 Å². The molecule has 14 heavy (non-hydrogen) atoms. The molecule has 0 saturated carbocycles. The smallest absolute Gasteiger partial charge is 0.206 e. The number of hydrogen-bond acceptors (Lipinski definition) is 5. The van der Waals surface area contributed by atoms with E-state index in [4.69, 9.17) is 0 Å². The van der Waals surface area contributed by atoms with Gasteiger partial charge in [-0.3, -0.25) is 0 Å². The van der Waals surface area contributed by atoms with Gasteiger partial charge in [0.05, 0.1) is 4.88 Å². The molecule has 0 aliphatic carbocycles. The van der Waals surface area contributed by atoms with Gasteiger partial charge in [0.15, 0.2) is 5.01 Å². The fraction of sp³-hybridized carbons (Fsp3) is 0.250. The minimum atomic E-state index is 0.875. The molecule has 2 rings (SSSR count). The lowest BCUT2D eigenvalue weighted by molar-refractivity contribution is 1.07. The first-order chi connectivity index (χ1) is 6.81. The van der Waals surface area contributed by atoms with Crippen molar-refractivity contribution < 1.29 is 0 Å². The lowest BCUT2D eigenvalue weighted by Crippen LogP contribution is -1.94. The number of hydrogen-bond donors (Lipinski definition) is 1. The Morgan fingerprint density at radius 3 is 3.00 bits per heavy atom. The van der Waals surface area contributed by atoms with Crippen molar-refractivity contribution in [1.29, 1.82) is 0 Å². The minimum absolute atomic E-state index is 0.875. The molecule has 0 spiro atoms. The fourth-order valence-corrected chi connectivity index (χ4v) is 3.59. The van der Waals surface area contributed by atoms with Crippen molar-refractivity contribution >= 4 is 43.7 Å². The van der Waals surface area contributed by atoms with Gasteiger partial charge in [-0.05, 0) is 34.3 Å². The molecule has 0 atom stereocenters. The van der Waals surface area contributed by atoms with E-state index >= 15 is 0 Å². The molecule has 0 fully saturated rings. The van der Waals surface area contributed by atoms with Gasteiger partial charge < -0.3 is 5.32 Å². The fourth-order valence-electron chi connectivity index (χ4n) is 0.984. The quantitative estimate of drug-likeness (QED) is 0.940. The van der Waals surface area contributed by atoms with Crippen LogP contribution in [0, 0.1) is 0 Å². The largest absolute Gasteiger partial charge is 0.360 e. The molecule has 0 aliphatic rings. The number of halogens is 1. The molecular formula is C8H8BrN3S2. The van der Waals surface area contributed by atoms with Crippen LogP contribution in [0.1, 0.15) is 6.92 Å². The minimum Gasteiger partial charge on any atom is -0.360 e. The highest BCUT2D eigenvalue weighted by Gasteiger charge is 2.10. The van der Waals surface area contributed by atoms with Gasteiger partial charge in [-0.25, -0.2) is 0 Å². The Morgan fingerprint density at radius 2 is 2.36 bits per heavy atom. The van der Waals surface area contributed by atoms with Gasteiger partial charge in [-0.15, -0.1) is 21.5 Å². The molecule has 74 valence electrons. The van der Waals surface area contributed by atoms with Gasteiger partial charge in [0.1, 0.15) is 0 Å².